The van der Waals surface area contributed by atoms with Crippen molar-refractivity contribution in [2.24, 2.45) is 0 Å². The van der Waals surface area contributed by atoms with Crippen molar-refractivity contribution in [3.8, 4) is 0 Å². The van der Waals surface area contributed by atoms with E-state index in [1.807, 2.05) is 32.3 Å². The van der Waals surface area contributed by atoms with Crippen molar-refractivity contribution < 1.29 is 0 Å². The molecule has 0 unspecified atom stereocenters. The van der Waals surface area contributed by atoms with E-state index in [4.69, 9.17) is 0 Å². The SMILES string of the molecule is CNC(NC)c1ccccc1[Si]. The van der Waals surface area contributed by atoms with E-state index in [2.05, 4.69) is 26.9 Å². The van der Waals surface area contributed by atoms with E-state index in [1.54, 1.807) is 0 Å². The highest BCUT2D eigenvalue weighted by Gasteiger charge is 2.06. The second-order valence-corrected chi connectivity index (χ2v) is 3.14. The van der Waals surface area contributed by atoms with Crippen molar-refractivity contribution >= 4 is 15.4 Å². The molecule has 3 heteroatoms. The van der Waals surface area contributed by atoms with Gasteiger partial charge in [0.2, 0.25) is 0 Å². The van der Waals surface area contributed by atoms with Gasteiger partial charge in [0.1, 0.15) is 0 Å². The van der Waals surface area contributed by atoms with E-state index < -0.39 is 0 Å². The Labute approximate surface area is 76.8 Å². The summed E-state index contributed by atoms with van der Waals surface area (Å²) in [6.45, 7) is 0. The second-order valence-electron chi connectivity index (χ2n) is 2.60. The van der Waals surface area contributed by atoms with E-state index in [1.165, 1.54) is 5.56 Å². The van der Waals surface area contributed by atoms with E-state index in [-0.39, 0.29) is 6.17 Å². The van der Waals surface area contributed by atoms with Crippen LogP contribution in [-0.4, -0.2) is 24.3 Å². The third-order valence-electron chi connectivity index (χ3n) is 1.85. The van der Waals surface area contributed by atoms with E-state index >= 15 is 0 Å². The molecule has 1 aromatic carbocycles. The van der Waals surface area contributed by atoms with Crippen LogP contribution in [0.15, 0.2) is 24.3 Å². The molecule has 2 nitrogen and oxygen atoms in total. The second kappa shape index (κ2) is 4.40. The zero-order valence-electron chi connectivity index (χ0n) is 7.39. The Hall–Kier alpha value is -0.643. The van der Waals surface area contributed by atoms with Gasteiger partial charge in [0.15, 0.2) is 0 Å². The monoisotopic (exact) mass is 177 g/mol. The lowest BCUT2D eigenvalue weighted by Gasteiger charge is -2.17. The van der Waals surface area contributed by atoms with Crippen molar-refractivity contribution in [1.82, 2.24) is 10.6 Å². The average Bonchev–Trinajstić information content (AvgIpc) is 2.10. The van der Waals surface area contributed by atoms with Gasteiger partial charge in [0.25, 0.3) is 0 Å². The van der Waals surface area contributed by atoms with Gasteiger partial charge in [0.05, 0.1) is 16.4 Å². The molecule has 0 aliphatic carbocycles. The molecule has 0 saturated carbocycles. The summed E-state index contributed by atoms with van der Waals surface area (Å²) < 4.78 is 0. The third-order valence-corrected chi connectivity index (χ3v) is 2.30. The fourth-order valence-electron chi connectivity index (χ4n) is 1.20. The molecular weight excluding hydrogens is 164 g/mol. The lowest BCUT2D eigenvalue weighted by molar-refractivity contribution is 0.522. The predicted octanol–water partition coefficient (Wildman–Crippen LogP) is -0.0822. The average molecular weight is 177 g/mol. The van der Waals surface area contributed by atoms with Crippen molar-refractivity contribution in [1.29, 1.82) is 0 Å². The van der Waals surface area contributed by atoms with Gasteiger partial charge >= 0.3 is 0 Å². The topological polar surface area (TPSA) is 24.1 Å². The van der Waals surface area contributed by atoms with Crippen LogP contribution in [0.5, 0.6) is 0 Å². The van der Waals surface area contributed by atoms with Gasteiger partial charge in [-0.15, -0.1) is 0 Å². The maximum atomic E-state index is 3.55. The molecule has 3 radical (unpaired) electrons. The molecule has 63 valence electrons. The largest absolute Gasteiger partial charge is 0.301 e. The lowest BCUT2D eigenvalue weighted by atomic mass is 10.2. The molecule has 1 aromatic rings. The highest BCUT2D eigenvalue weighted by molar-refractivity contribution is 6.33. The van der Waals surface area contributed by atoms with Gasteiger partial charge in [-0.25, -0.2) is 0 Å². The Morgan fingerprint density at radius 1 is 1.17 bits per heavy atom. The lowest BCUT2D eigenvalue weighted by Crippen LogP contribution is -2.32. The maximum Gasteiger partial charge on any atom is 0.0829 e. The molecular formula is C9H13N2Si. The van der Waals surface area contributed by atoms with Gasteiger partial charge in [-0.3, -0.25) is 0 Å². The third kappa shape index (κ3) is 1.94. The van der Waals surface area contributed by atoms with Gasteiger partial charge < -0.3 is 10.6 Å². The van der Waals surface area contributed by atoms with Crippen LogP contribution in [0.1, 0.15) is 11.7 Å². The Morgan fingerprint density at radius 2 is 1.75 bits per heavy atom. The van der Waals surface area contributed by atoms with Crippen LogP contribution in [-0.2, 0) is 0 Å². The predicted molar refractivity (Wildman–Crippen MR) is 52.7 cm³/mol. The van der Waals surface area contributed by atoms with Crippen LogP contribution in [0.4, 0.5) is 0 Å². The van der Waals surface area contributed by atoms with E-state index in [0.717, 1.165) is 5.19 Å². The van der Waals surface area contributed by atoms with Crippen LogP contribution >= 0.6 is 0 Å². The standard InChI is InChI=1S/C9H13N2Si/c1-10-9(11-2)7-5-3-4-6-8(7)12/h3-6,9-11H,1-2H3. The molecule has 0 aliphatic rings. The van der Waals surface area contributed by atoms with Gasteiger partial charge in [-0.2, -0.15) is 0 Å². The van der Waals surface area contributed by atoms with Gasteiger partial charge in [-0.1, -0.05) is 29.5 Å². The fourth-order valence-corrected chi connectivity index (χ4v) is 1.53. The number of benzene rings is 1. The van der Waals surface area contributed by atoms with Crippen LogP contribution < -0.4 is 15.8 Å². The zero-order chi connectivity index (χ0) is 8.97. The summed E-state index contributed by atoms with van der Waals surface area (Å²) >= 11 is 0. The molecule has 0 saturated heterocycles. The number of nitrogens with one attached hydrogen (secondary N) is 2. The Kier molecular flexibility index (Phi) is 3.46. The van der Waals surface area contributed by atoms with Gasteiger partial charge in [0, 0.05) is 0 Å². The Morgan fingerprint density at radius 3 is 2.25 bits per heavy atom. The summed E-state index contributed by atoms with van der Waals surface area (Å²) in [5, 5.41) is 7.45. The molecule has 0 amide bonds. The van der Waals surface area contributed by atoms with Crippen LogP contribution in [0.3, 0.4) is 0 Å². The van der Waals surface area contributed by atoms with Crippen molar-refractivity contribution in [2.75, 3.05) is 14.1 Å². The molecule has 0 bridgehead atoms. The van der Waals surface area contributed by atoms with Crippen LogP contribution in [0.2, 0.25) is 0 Å². The normalized spacial score (nSPS) is 10.7. The molecule has 0 atom stereocenters. The Balaban J connectivity index is 2.92. The molecule has 12 heavy (non-hydrogen) atoms. The first kappa shape index (κ1) is 9.44. The molecule has 0 fully saturated rings. The quantitative estimate of drug-likeness (QED) is 0.498. The molecule has 2 N–H and O–H groups in total. The number of hydrogen-bond acceptors (Lipinski definition) is 2. The fraction of sp³-hybridized carbons (Fsp3) is 0.333. The molecule has 0 heterocycles. The highest BCUT2D eigenvalue weighted by atomic mass is 28.1. The first-order valence-corrected chi connectivity index (χ1v) is 4.44. The minimum absolute atomic E-state index is 0.207. The molecule has 1 rings (SSSR count). The summed E-state index contributed by atoms with van der Waals surface area (Å²) in [6, 6.07) is 8.16. The molecule has 0 spiro atoms. The summed E-state index contributed by atoms with van der Waals surface area (Å²) in [7, 11) is 7.41. The Bertz CT molecular complexity index is 246. The number of hydrogen-bond donors (Lipinski definition) is 2. The van der Waals surface area contributed by atoms with Crippen LogP contribution in [0, 0.1) is 0 Å². The van der Waals surface area contributed by atoms with Crippen LogP contribution in [0.25, 0.3) is 0 Å². The summed E-state index contributed by atoms with van der Waals surface area (Å²) in [4.78, 5) is 0. The number of rotatable bonds is 3. The smallest absolute Gasteiger partial charge is 0.0829 e. The minimum atomic E-state index is 0.207. The van der Waals surface area contributed by atoms with E-state index in [9.17, 15) is 0 Å². The van der Waals surface area contributed by atoms with Crippen molar-refractivity contribution in [2.45, 2.75) is 6.17 Å². The minimum Gasteiger partial charge on any atom is -0.301 e. The van der Waals surface area contributed by atoms with E-state index in [0.29, 0.717) is 0 Å². The molecule has 0 aromatic heterocycles. The van der Waals surface area contributed by atoms with Gasteiger partial charge in [-0.05, 0) is 19.7 Å². The van der Waals surface area contributed by atoms with Crippen molar-refractivity contribution in [3.05, 3.63) is 29.8 Å². The van der Waals surface area contributed by atoms with Crippen molar-refractivity contribution in [3.63, 3.8) is 0 Å². The zero-order valence-corrected chi connectivity index (χ0v) is 8.39. The first-order chi connectivity index (χ1) is 5.79. The highest BCUT2D eigenvalue weighted by Crippen LogP contribution is 2.04. The summed E-state index contributed by atoms with van der Waals surface area (Å²) in [5.74, 6) is 0. The maximum absolute atomic E-state index is 3.55. The summed E-state index contributed by atoms with van der Waals surface area (Å²) in [6.07, 6.45) is 0.207. The summed E-state index contributed by atoms with van der Waals surface area (Å²) in [5.41, 5.74) is 1.22. The first-order valence-electron chi connectivity index (χ1n) is 3.94. The molecule has 0 aliphatic heterocycles.